The Morgan fingerprint density at radius 2 is 2.18 bits per heavy atom. The highest BCUT2D eigenvalue weighted by atomic mass is 32.1. The van der Waals surface area contributed by atoms with E-state index in [4.69, 9.17) is 0 Å². The van der Waals surface area contributed by atoms with Crippen molar-refractivity contribution in [1.82, 2.24) is 24.5 Å². The molecule has 0 unspecified atom stereocenters. The van der Waals surface area contributed by atoms with Crippen molar-refractivity contribution in [3.8, 4) is 0 Å². The van der Waals surface area contributed by atoms with E-state index in [1.54, 1.807) is 16.3 Å². The number of thiazole rings is 1. The molecule has 22 heavy (non-hydrogen) atoms. The van der Waals surface area contributed by atoms with Gasteiger partial charge in [-0.05, 0) is 13.8 Å². The third-order valence-corrected chi connectivity index (χ3v) is 4.44. The minimum absolute atomic E-state index is 0.0371. The van der Waals surface area contributed by atoms with Crippen molar-refractivity contribution in [2.24, 2.45) is 7.05 Å². The van der Waals surface area contributed by atoms with Crippen molar-refractivity contribution in [2.75, 3.05) is 0 Å². The molecule has 0 fully saturated rings. The molecule has 114 valence electrons. The number of carbonyl (C=O) groups excluding carboxylic acids is 1. The standard InChI is InChI=1S/C14H15N5O2S/c1-8-10(9(2)18(3)17-8)6-15-12(20)11-7-16-14-19(13(11)21)4-5-22-14/h4-5,7H,6H2,1-3H3,(H,15,20). The normalized spacial score (nSPS) is 11.0. The van der Waals surface area contributed by atoms with Crippen LogP contribution in [0.25, 0.3) is 4.96 Å². The summed E-state index contributed by atoms with van der Waals surface area (Å²) in [6.45, 7) is 4.16. The Morgan fingerprint density at radius 3 is 2.86 bits per heavy atom. The third kappa shape index (κ3) is 2.31. The Kier molecular flexibility index (Phi) is 3.53. The van der Waals surface area contributed by atoms with Gasteiger partial charge in [-0.1, -0.05) is 0 Å². The molecule has 3 aromatic rings. The van der Waals surface area contributed by atoms with Gasteiger partial charge in [-0.25, -0.2) is 4.98 Å². The van der Waals surface area contributed by atoms with E-state index in [0.29, 0.717) is 11.5 Å². The van der Waals surface area contributed by atoms with Crippen LogP contribution in [0.3, 0.4) is 0 Å². The zero-order valence-electron chi connectivity index (χ0n) is 12.5. The summed E-state index contributed by atoms with van der Waals surface area (Å²) in [5.74, 6) is -0.430. The Bertz CT molecular complexity index is 921. The van der Waals surface area contributed by atoms with Gasteiger partial charge in [0, 0.05) is 42.6 Å². The molecule has 1 amide bonds. The fourth-order valence-electron chi connectivity index (χ4n) is 2.32. The number of nitrogens with one attached hydrogen (secondary N) is 1. The van der Waals surface area contributed by atoms with Crippen LogP contribution >= 0.6 is 11.3 Å². The molecule has 3 heterocycles. The van der Waals surface area contributed by atoms with Crippen LogP contribution in [0.4, 0.5) is 0 Å². The second kappa shape index (κ2) is 5.38. The monoisotopic (exact) mass is 317 g/mol. The van der Waals surface area contributed by atoms with E-state index in [1.165, 1.54) is 21.9 Å². The van der Waals surface area contributed by atoms with Crippen LogP contribution in [-0.2, 0) is 13.6 Å². The van der Waals surface area contributed by atoms with E-state index >= 15 is 0 Å². The van der Waals surface area contributed by atoms with Gasteiger partial charge < -0.3 is 5.32 Å². The molecule has 7 nitrogen and oxygen atoms in total. The van der Waals surface area contributed by atoms with Gasteiger partial charge in [-0.3, -0.25) is 18.7 Å². The molecule has 0 saturated heterocycles. The van der Waals surface area contributed by atoms with Crippen LogP contribution in [0.2, 0.25) is 0 Å². The average molecular weight is 317 g/mol. The molecule has 3 aromatic heterocycles. The van der Waals surface area contributed by atoms with Crippen molar-refractivity contribution in [2.45, 2.75) is 20.4 Å². The van der Waals surface area contributed by atoms with Crippen LogP contribution in [-0.4, -0.2) is 25.1 Å². The van der Waals surface area contributed by atoms with Crippen molar-refractivity contribution < 1.29 is 4.79 Å². The highest BCUT2D eigenvalue weighted by Crippen LogP contribution is 2.11. The van der Waals surface area contributed by atoms with Crippen LogP contribution in [0, 0.1) is 13.8 Å². The smallest absolute Gasteiger partial charge is 0.271 e. The summed E-state index contributed by atoms with van der Waals surface area (Å²) < 4.78 is 3.14. The van der Waals surface area contributed by atoms with E-state index in [-0.39, 0.29) is 11.1 Å². The van der Waals surface area contributed by atoms with E-state index in [0.717, 1.165) is 17.0 Å². The highest BCUT2D eigenvalue weighted by Gasteiger charge is 2.15. The van der Waals surface area contributed by atoms with Crippen molar-refractivity contribution in [3.63, 3.8) is 0 Å². The van der Waals surface area contributed by atoms with Gasteiger partial charge >= 0.3 is 0 Å². The lowest BCUT2D eigenvalue weighted by atomic mass is 10.2. The molecule has 8 heteroatoms. The summed E-state index contributed by atoms with van der Waals surface area (Å²) in [6.07, 6.45) is 2.94. The Balaban J connectivity index is 1.84. The maximum absolute atomic E-state index is 12.2. The molecule has 0 bridgehead atoms. The number of rotatable bonds is 3. The number of hydrogen-bond donors (Lipinski definition) is 1. The van der Waals surface area contributed by atoms with Gasteiger partial charge in [0.1, 0.15) is 5.56 Å². The number of aryl methyl sites for hydroxylation is 2. The van der Waals surface area contributed by atoms with Gasteiger partial charge in [-0.2, -0.15) is 5.10 Å². The first-order chi connectivity index (χ1) is 10.5. The number of carbonyl (C=O) groups is 1. The second-order valence-corrected chi connectivity index (χ2v) is 5.86. The molecule has 0 atom stereocenters. The first kappa shape index (κ1) is 14.5. The molecule has 0 aromatic carbocycles. The summed E-state index contributed by atoms with van der Waals surface area (Å²) in [7, 11) is 1.86. The summed E-state index contributed by atoms with van der Waals surface area (Å²) in [5.41, 5.74) is 2.49. The van der Waals surface area contributed by atoms with E-state index in [1.807, 2.05) is 20.9 Å². The zero-order chi connectivity index (χ0) is 15.9. The maximum Gasteiger partial charge on any atom is 0.271 e. The maximum atomic E-state index is 12.2. The SMILES string of the molecule is Cc1nn(C)c(C)c1CNC(=O)c1cnc2sccn2c1=O. The Hall–Kier alpha value is -2.48. The zero-order valence-corrected chi connectivity index (χ0v) is 13.3. The van der Waals surface area contributed by atoms with Gasteiger partial charge in [0.15, 0.2) is 4.96 Å². The highest BCUT2D eigenvalue weighted by molar-refractivity contribution is 7.15. The van der Waals surface area contributed by atoms with Gasteiger partial charge in [-0.15, -0.1) is 11.3 Å². The van der Waals surface area contributed by atoms with E-state index in [9.17, 15) is 9.59 Å². The Labute approximate surface area is 130 Å². The summed E-state index contributed by atoms with van der Waals surface area (Å²) in [6, 6.07) is 0. The average Bonchev–Trinajstić information content (AvgIpc) is 3.04. The number of nitrogens with zero attached hydrogens (tertiary/aromatic N) is 4. The van der Waals surface area contributed by atoms with Crippen LogP contribution in [0.1, 0.15) is 27.3 Å². The first-order valence-electron chi connectivity index (χ1n) is 6.71. The number of amides is 1. The molecule has 0 saturated carbocycles. The van der Waals surface area contributed by atoms with Crippen molar-refractivity contribution >= 4 is 22.2 Å². The van der Waals surface area contributed by atoms with Crippen molar-refractivity contribution in [3.05, 3.63) is 50.6 Å². The van der Waals surface area contributed by atoms with Gasteiger partial charge in [0.2, 0.25) is 0 Å². The lowest BCUT2D eigenvalue weighted by Gasteiger charge is -2.05. The Morgan fingerprint density at radius 1 is 1.41 bits per heavy atom. The van der Waals surface area contributed by atoms with Gasteiger partial charge in [0.05, 0.1) is 5.69 Å². The van der Waals surface area contributed by atoms with E-state index in [2.05, 4.69) is 15.4 Å². The molecule has 0 aliphatic carbocycles. The summed E-state index contributed by atoms with van der Waals surface area (Å²) in [5, 5.41) is 8.82. The summed E-state index contributed by atoms with van der Waals surface area (Å²) >= 11 is 1.35. The molecule has 0 aliphatic rings. The largest absolute Gasteiger partial charge is 0.348 e. The fraction of sp³-hybridized carbons (Fsp3) is 0.286. The predicted octanol–water partition coefficient (Wildman–Crippen LogP) is 1.04. The second-order valence-electron chi connectivity index (χ2n) is 4.99. The third-order valence-electron chi connectivity index (χ3n) is 3.67. The van der Waals surface area contributed by atoms with E-state index < -0.39 is 5.91 Å². The van der Waals surface area contributed by atoms with Crippen LogP contribution in [0.15, 0.2) is 22.6 Å². The van der Waals surface area contributed by atoms with Crippen LogP contribution < -0.4 is 10.9 Å². The predicted molar refractivity (Wildman–Crippen MR) is 83.2 cm³/mol. The number of aromatic nitrogens is 4. The molecular formula is C14H15N5O2S. The number of fused-ring (bicyclic) bond motifs is 1. The van der Waals surface area contributed by atoms with Crippen molar-refractivity contribution in [1.29, 1.82) is 0 Å². The molecule has 3 rings (SSSR count). The quantitative estimate of drug-likeness (QED) is 0.782. The fourth-order valence-corrected chi connectivity index (χ4v) is 2.99. The molecular weight excluding hydrogens is 302 g/mol. The number of hydrogen-bond acceptors (Lipinski definition) is 5. The van der Waals surface area contributed by atoms with Gasteiger partial charge in [0.25, 0.3) is 11.5 Å². The molecule has 0 spiro atoms. The minimum Gasteiger partial charge on any atom is -0.348 e. The molecule has 0 aliphatic heterocycles. The lowest BCUT2D eigenvalue weighted by molar-refractivity contribution is 0.0949. The molecule has 0 radical (unpaired) electrons. The lowest BCUT2D eigenvalue weighted by Crippen LogP contribution is -2.31. The molecule has 1 N–H and O–H groups in total. The van der Waals surface area contributed by atoms with Crippen LogP contribution in [0.5, 0.6) is 0 Å². The minimum atomic E-state index is -0.430. The summed E-state index contributed by atoms with van der Waals surface area (Å²) in [4.78, 5) is 29.2. The topological polar surface area (TPSA) is 81.3 Å². The first-order valence-corrected chi connectivity index (χ1v) is 7.59.